The summed E-state index contributed by atoms with van der Waals surface area (Å²) in [6.45, 7) is 13.6. The van der Waals surface area contributed by atoms with Crippen molar-refractivity contribution in [3.63, 3.8) is 0 Å². The average molecular weight is 508 g/mol. The van der Waals surface area contributed by atoms with Crippen molar-refractivity contribution in [2.75, 3.05) is 35.4 Å². The van der Waals surface area contributed by atoms with Gasteiger partial charge in [-0.3, -0.25) is 4.90 Å². The molecule has 1 aliphatic heterocycles. The van der Waals surface area contributed by atoms with E-state index < -0.39 is 12.5 Å². The van der Waals surface area contributed by atoms with E-state index in [1.165, 1.54) is 24.2 Å². The molecule has 0 radical (unpaired) electrons. The highest BCUT2D eigenvalue weighted by Gasteiger charge is 2.41. The SMILES string of the molecule is COCCCN(c1nc(NC2CCCCC2)nc(N(C(C)O)C(C)O)n1)C1CC(C)(C)NC(C)(C)C1. The van der Waals surface area contributed by atoms with Crippen molar-refractivity contribution in [1.29, 1.82) is 0 Å². The Morgan fingerprint density at radius 1 is 0.972 bits per heavy atom. The zero-order valence-corrected chi connectivity index (χ0v) is 23.4. The third kappa shape index (κ3) is 7.87. The van der Waals surface area contributed by atoms with Crippen molar-refractivity contribution >= 4 is 17.8 Å². The fourth-order valence-electron chi connectivity index (χ4n) is 6.05. The molecule has 206 valence electrons. The molecule has 36 heavy (non-hydrogen) atoms. The topological polar surface area (TPSA) is 119 Å². The molecule has 2 heterocycles. The maximum absolute atomic E-state index is 10.4. The Morgan fingerprint density at radius 2 is 1.56 bits per heavy atom. The first-order valence-corrected chi connectivity index (χ1v) is 13.6. The molecule has 0 aromatic carbocycles. The quantitative estimate of drug-likeness (QED) is 0.262. The summed E-state index contributed by atoms with van der Waals surface area (Å²) in [7, 11) is 1.72. The second-order valence-corrected chi connectivity index (χ2v) is 11.9. The van der Waals surface area contributed by atoms with E-state index in [-0.39, 0.29) is 23.1 Å². The van der Waals surface area contributed by atoms with Crippen molar-refractivity contribution < 1.29 is 14.9 Å². The van der Waals surface area contributed by atoms with Gasteiger partial charge in [0.2, 0.25) is 17.8 Å². The van der Waals surface area contributed by atoms with Crippen LogP contribution in [0.4, 0.5) is 17.8 Å². The summed E-state index contributed by atoms with van der Waals surface area (Å²) >= 11 is 0. The maximum atomic E-state index is 10.4. The zero-order valence-electron chi connectivity index (χ0n) is 23.4. The number of hydrogen-bond acceptors (Lipinski definition) is 10. The molecule has 3 rings (SSSR count). The van der Waals surface area contributed by atoms with E-state index >= 15 is 0 Å². The van der Waals surface area contributed by atoms with E-state index in [4.69, 9.17) is 14.7 Å². The monoisotopic (exact) mass is 507 g/mol. The first-order valence-electron chi connectivity index (χ1n) is 13.6. The molecule has 1 saturated carbocycles. The molecule has 1 aromatic rings. The molecule has 2 atom stereocenters. The molecule has 2 unspecified atom stereocenters. The van der Waals surface area contributed by atoms with Gasteiger partial charge in [0.15, 0.2) is 0 Å². The van der Waals surface area contributed by atoms with E-state index in [9.17, 15) is 10.2 Å². The Kier molecular flexibility index (Phi) is 9.76. The molecule has 1 aromatic heterocycles. The van der Waals surface area contributed by atoms with Gasteiger partial charge in [0.05, 0.1) is 0 Å². The molecule has 2 aliphatic rings. The Hall–Kier alpha value is -1.75. The number of piperidine rings is 1. The van der Waals surface area contributed by atoms with E-state index in [2.05, 4.69) is 48.2 Å². The molecule has 2 fully saturated rings. The summed E-state index contributed by atoms with van der Waals surface area (Å²) in [5, 5.41) is 28.2. The number of nitrogens with one attached hydrogen (secondary N) is 2. The number of nitrogens with zero attached hydrogens (tertiary/aromatic N) is 5. The summed E-state index contributed by atoms with van der Waals surface area (Å²) in [6.07, 6.45) is 6.61. The van der Waals surface area contributed by atoms with Gasteiger partial charge in [-0.05, 0) is 73.6 Å². The van der Waals surface area contributed by atoms with Crippen LogP contribution in [0.5, 0.6) is 0 Å². The van der Waals surface area contributed by atoms with E-state index in [0.717, 1.165) is 38.6 Å². The van der Waals surface area contributed by atoms with E-state index in [1.807, 2.05) is 0 Å². The van der Waals surface area contributed by atoms with Gasteiger partial charge in [0.1, 0.15) is 12.5 Å². The Balaban J connectivity index is 2.04. The standard InChI is InChI=1S/C26H49N7O3/c1-18(34)33(19(2)35)24-29-22(27-20-12-9-8-10-13-20)28-23(30-24)32(14-11-15-36-7)21-16-25(3,4)31-26(5,6)17-21/h18-21,31,34-35H,8-17H2,1-7H3,(H,27,28,29,30). The van der Waals surface area contributed by atoms with Gasteiger partial charge in [-0.25, -0.2) is 0 Å². The highest BCUT2D eigenvalue weighted by molar-refractivity contribution is 5.47. The highest BCUT2D eigenvalue weighted by Crippen LogP contribution is 2.34. The maximum Gasteiger partial charge on any atom is 0.236 e. The Morgan fingerprint density at radius 3 is 2.11 bits per heavy atom. The number of methoxy groups -OCH3 is 1. The average Bonchev–Trinajstić information content (AvgIpc) is 2.74. The minimum Gasteiger partial charge on any atom is -0.385 e. The first-order chi connectivity index (χ1) is 16.9. The van der Waals surface area contributed by atoms with Crippen molar-refractivity contribution in [2.24, 2.45) is 0 Å². The molecule has 0 spiro atoms. The second kappa shape index (κ2) is 12.2. The van der Waals surface area contributed by atoms with Gasteiger partial charge in [-0.15, -0.1) is 0 Å². The number of aliphatic hydroxyl groups excluding tert-OH is 2. The van der Waals surface area contributed by atoms with Crippen molar-refractivity contribution in [1.82, 2.24) is 20.3 Å². The first kappa shape index (κ1) is 28.8. The molecule has 10 heteroatoms. The number of hydrogen-bond donors (Lipinski definition) is 4. The molecule has 10 nitrogen and oxygen atoms in total. The predicted molar refractivity (Wildman–Crippen MR) is 144 cm³/mol. The van der Waals surface area contributed by atoms with Gasteiger partial charge < -0.3 is 30.5 Å². The summed E-state index contributed by atoms with van der Waals surface area (Å²) in [5.41, 5.74) is -0.0908. The van der Waals surface area contributed by atoms with Gasteiger partial charge in [-0.2, -0.15) is 15.0 Å². The van der Waals surface area contributed by atoms with Crippen molar-refractivity contribution in [3.05, 3.63) is 0 Å². The normalized spacial score (nSPS) is 22.1. The molecule has 0 bridgehead atoms. The third-order valence-corrected chi connectivity index (χ3v) is 7.20. The van der Waals surface area contributed by atoms with Crippen LogP contribution in [0.2, 0.25) is 0 Å². The van der Waals surface area contributed by atoms with Crippen LogP contribution in [0.15, 0.2) is 0 Å². The second-order valence-electron chi connectivity index (χ2n) is 11.9. The Bertz CT molecular complexity index is 804. The van der Waals surface area contributed by atoms with Crippen LogP contribution in [0.3, 0.4) is 0 Å². The van der Waals surface area contributed by atoms with Gasteiger partial charge in [0, 0.05) is 43.4 Å². The molecule has 0 amide bonds. The lowest BCUT2D eigenvalue weighted by Gasteiger charge is -2.49. The van der Waals surface area contributed by atoms with Crippen LogP contribution >= 0.6 is 0 Å². The van der Waals surface area contributed by atoms with Crippen molar-refractivity contribution in [2.45, 2.75) is 129 Å². The lowest BCUT2D eigenvalue weighted by atomic mass is 9.79. The fraction of sp³-hybridized carbons (Fsp3) is 0.885. The number of anilines is 3. The number of rotatable bonds is 11. The van der Waals surface area contributed by atoms with Crippen LogP contribution in [0.25, 0.3) is 0 Å². The number of aromatic nitrogens is 3. The Labute approximate surface area is 217 Å². The van der Waals surface area contributed by atoms with Gasteiger partial charge >= 0.3 is 0 Å². The smallest absolute Gasteiger partial charge is 0.236 e. The summed E-state index contributed by atoms with van der Waals surface area (Å²) in [6, 6.07) is 0.518. The molecular formula is C26H49N7O3. The molecule has 1 aliphatic carbocycles. The highest BCUT2D eigenvalue weighted by atomic mass is 16.5. The van der Waals surface area contributed by atoms with E-state index in [1.54, 1.807) is 21.0 Å². The van der Waals surface area contributed by atoms with Crippen LogP contribution in [-0.2, 0) is 4.74 Å². The fourth-order valence-corrected chi connectivity index (χ4v) is 6.05. The van der Waals surface area contributed by atoms with Crippen LogP contribution in [0, 0.1) is 0 Å². The molecule has 4 N–H and O–H groups in total. The third-order valence-electron chi connectivity index (χ3n) is 7.20. The predicted octanol–water partition coefficient (Wildman–Crippen LogP) is 3.25. The lowest BCUT2D eigenvalue weighted by molar-refractivity contribution is 0.103. The summed E-state index contributed by atoms with van der Waals surface area (Å²) in [5.74, 6) is 1.34. The summed E-state index contributed by atoms with van der Waals surface area (Å²) < 4.78 is 5.37. The van der Waals surface area contributed by atoms with Crippen LogP contribution < -0.4 is 20.4 Å². The van der Waals surface area contributed by atoms with E-state index in [0.29, 0.717) is 24.5 Å². The number of ether oxygens (including phenoxy) is 1. The summed E-state index contributed by atoms with van der Waals surface area (Å²) in [4.78, 5) is 18.1. The van der Waals surface area contributed by atoms with Gasteiger partial charge in [0.25, 0.3) is 0 Å². The van der Waals surface area contributed by atoms with Crippen LogP contribution in [-0.4, -0.2) is 81.0 Å². The largest absolute Gasteiger partial charge is 0.385 e. The molecule has 1 saturated heterocycles. The minimum absolute atomic E-state index is 0.0454. The zero-order chi connectivity index (χ0) is 26.5. The van der Waals surface area contributed by atoms with Crippen LogP contribution in [0.1, 0.15) is 92.9 Å². The van der Waals surface area contributed by atoms with Gasteiger partial charge in [-0.1, -0.05) is 19.3 Å². The lowest BCUT2D eigenvalue weighted by Crippen LogP contribution is -2.62. The number of aliphatic hydroxyl groups is 2. The molecular weight excluding hydrogens is 458 g/mol. The van der Waals surface area contributed by atoms with Crippen molar-refractivity contribution in [3.8, 4) is 0 Å². The minimum atomic E-state index is -0.957.